The van der Waals surface area contributed by atoms with Gasteiger partial charge in [0.25, 0.3) is 5.56 Å². The number of allylic oxidation sites excluding steroid dienone is 1. The Bertz CT molecular complexity index is 2060. The smallest absolute Gasteiger partial charge is 0.338 e. The molecule has 4 aromatic carbocycles. The number of carbonyl (C=O) groups is 1. The van der Waals surface area contributed by atoms with Crippen LogP contribution < -0.4 is 24.4 Å². The topological polar surface area (TPSA) is 79.1 Å². The van der Waals surface area contributed by atoms with E-state index in [2.05, 4.69) is 46.3 Å². The second-order valence-electron chi connectivity index (χ2n) is 9.76. The number of hydrogen-bond donors (Lipinski definition) is 0. The molecule has 1 atom stereocenters. The summed E-state index contributed by atoms with van der Waals surface area (Å²) in [6.07, 6.45) is 1.94. The van der Waals surface area contributed by atoms with Gasteiger partial charge in [0.1, 0.15) is 0 Å². The van der Waals surface area contributed by atoms with Gasteiger partial charge in [-0.1, -0.05) is 75.8 Å². The van der Waals surface area contributed by atoms with E-state index in [1.165, 1.54) is 11.3 Å². The maximum atomic E-state index is 14.3. The van der Waals surface area contributed by atoms with Crippen molar-refractivity contribution >= 4 is 60.9 Å². The van der Waals surface area contributed by atoms with Crippen molar-refractivity contribution in [2.24, 2.45) is 4.99 Å². The van der Waals surface area contributed by atoms with Crippen molar-refractivity contribution in [1.82, 2.24) is 4.57 Å². The molecule has 2 heterocycles. The lowest BCUT2D eigenvalue weighted by molar-refractivity contribution is -0.139. The summed E-state index contributed by atoms with van der Waals surface area (Å²) in [6.45, 7) is 3.70. The monoisotopic (exact) mass is 642 g/mol. The summed E-state index contributed by atoms with van der Waals surface area (Å²) >= 11 is 4.95. The van der Waals surface area contributed by atoms with Crippen LogP contribution in [-0.4, -0.2) is 31.4 Å². The minimum atomic E-state index is -0.805. The minimum Gasteiger partial charge on any atom is -0.493 e. The highest BCUT2D eigenvalue weighted by molar-refractivity contribution is 9.10. The van der Waals surface area contributed by atoms with Gasteiger partial charge in [-0.15, -0.1) is 0 Å². The van der Waals surface area contributed by atoms with Crippen molar-refractivity contribution in [1.29, 1.82) is 0 Å². The summed E-state index contributed by atoms with van der Waals surface area (Å²) < 4.78 is 19.3. The molecule has 5 aromatic rings. The van der Waals surface area contributed by atoms with Gasteiger partial charge < -0.3 is 14.2 Å². The fourth-order valence-corrected chi connectivity index (χ4v) is 7.07. The molecule has 7 nitrogen and oxygen atoms in total. The first-order valence-corrected chi connectivity index (χ1v) is 15.0. The Hall–Kier alpha value is -4.21. The van der Waals surface area contributed by atoms with Crippen LogP contribution in [0.4, 0.5) is 0 Å². The van der Waals surface area contributed by atoms with E-state index in [4.69, 9.17) is 19.2 Å². The Morgan fingerprint density at radius 1 is 1.00 bits per heavy atom. The first-order chi connectivity index (χ1) is 20.4. The molecule has 0 saturated heterocycles. The number of hydrogen-bond acceptors (Lipinski definition) is 7. The fourth-order valence-electron chi connectivity index (χ4n) is 5.50. The van der Waals surface area contributed by atoms with E-state index in [0.29, 0.717) is 42.1 Å². The van der Waals surface area contributed by atoms with Crippen molar-refractivity contribution in [2.75, 3.05) is 20.8 Å². The molecule has 9 heteroatoms. The molecule has 212 valence electrons. The van der Waals surface area contributed by atoms with Crippen LogP contribution in [0.15, 0.2) is 92.3 Å². The molecule has 0 radical (unpaired) electrons. The molecule has 1 aliphatic heterocycles. The number of fused-ring (bicyclic) bond motifs is 3. The number of rotatable bonds is 6. The number of esters is 1. The van der Waals surface area contributed by atoms with Crippen LogP contribution in [-0.2, 0) is 9.53 Å². The van der Waals surface area contributed by atoms with E-state index in [9.17, 15) is 9.59 Å². The summed E-state index contributed by atoms with van der Waals surface area (Å²) in [5.74, 6) is 0.458. The number of carbonyl (C=O) groups excluding carboxylic acids is 1. The molecule has 1 aromatic heterocycles. The summed E-state index contributed by atoms with van der Waals surface area (Å²) in [5, 5.41) is 4.26. The molecule has 0 saturated carbocycles. The molecule has 0 aliphatic carbocycles. The van der Waals surface area contributed by atoms with Gasteiger partial charge in [-0.3, -0.25) is 9.36 Å². The first-order valence-electron chi connectivity index (χ1n) is 13.4. The van der Waals surface area contributed by atoms with Gasteiger partial charge >= 0.3 is 5.97 Å². The Kier molecular flexibility index (Phi) is 7.47. The highest BCUT2D eigenvalue weighted by Gasteiger charge is 2.35. The summed E-state index contributed by atoms with van der Waals surface area (Å²) in [5.41, 5.74) is 2.13. The predicted octanol–water partition coefficient (Wildman–Crippen LogP) is 5.88. The normalized spacial score (nSPS) is 15.1. The average Bonchev–Trinajstić information content (AvgIpc) is 3.30. The quantitative estimate of drug-likeness (QED) is 0.171. The van der Waals surface area contributed by atoms with Crippen molar-refractivity contribution in [3.05, 3.63) is 113 Å². The van der Waals surface area contributed by atoms with E-state index in [1.54, 1.807) is 44.8 Å². The lowest BCUT2D eigenvalue weighted by Gasteiger charge is -2.26. The van der Waals surface area contributed by atoms with Gasteiger partial charge in [0.2, 0.25) is 0 Å². The van der Waals surface area contributed by atoms with Crippen molar-refractivity contribution in [3.63, 3.8) is 0 Å². The molecular weight excluding hydrogens is 616 g/mol. The Balaban J connectivity index is 1.66. The van der Waals surface area contributed by atoms with Crippen molar-refractivity contribution in [2.45, 2.75) is 19.9 Å². The Labute approximate surface area is 254 Å². The van der Waals surface area contributed by atoms with Gasteiger partial charge in [0, 0.05) is 4.47 Å². The Morgan fingerprint density at radius 2 is 1.62 bits per heavy atom. The average molecular weight is 644 g/mol. The summed E-state index contributed by atoms with van der Waals surface area (Å²) in [7, 11) is 3.10. The molecule has 0 unspecified atom stereocenters. The molecule has 0 N–H and O–H groups in total. The number of halogens is 1. The van der Waals surface area contributed by atoms with Gasteiger partial charge in [0.05, 0.1) is 42.7 Å². The molecule has 0 bridgehead atoms. The Morgan fingerprint density at radius 3 is 2.24 bits per heavy atom. The largest absolute Gasteiger partial charge is 0.493 e. The van der Waals surface area contributed by atoms with Crippen LogP contribution in [0.3, 0.4) is 0 Å². The lowest BCUT2D eigenvalue weighted by atomic mass is 9.95. The van der Waals surface area contributed by atoms with E-state index in [-0.39, 0.29) is 12.2 Å². The van der Waals surface area contributed by atoms with E-state index in [1.807, 2.05) is 30.3 Å². The van der Waals surface area contributed by atoms with Crippen LogP contribution in [0.25, 0.3) is 27.6 Å². The molecule has 0 fully saturated rings. The van der Waals surface area contributed by atoms with Gasteiger partial charge in [-0.2, -0.15) is 0 Å². The van der Waals surface area contributed by atoms with E-state index in [0.717, 1.165) is 27.1 Å². The van der Waals surface area contributed by atoms with Crippen LogP contribution in [0.1, 0.15) is 31.0 Å². The molecule has 0 spiro atoms. The van der Waals surface area contributed by atoms with Crippen molar-refractivity contribution in [3.8, 4) is 11.5 Å². The molecule has 42 heavy (non-hydrogen) atoms. The summed E-state index contributed by atoms with van der Waals surface area (Å²) in [6, 6.07) is 21.2. The van der Waals surface area contributed by atoms with Gasteiger partial charge in [-0.25, -0.2) is 9.79 Å². The highest BCUT2D eigenvalue weighted by atomic mass is 79.9. The zero-order valence-corrected chi connectivity index (χ0v) is 25.8. The number of thiazole rings is 1. The molecule has 6 rings (SSSR count). The highest BCUT2D eigenvalue weighted by Crippen LogP contribution is 2.41. The number of nitrogens with zero attached hydrogens (tertiary/aromatic N) is 2. The second kappa shape index (κ2) is 11.2. The number of methoxy groups -OCH3 is 2. The number of ether oxygens (including phenoxy) is 3. The number of benzene rings is 4. The maximum absolute atomic E-state index is 14.3. The lowest BCUT2D eigenvalue weighted by Crippen LogP contribution is -2.40. The SMILES string of the molecule is CCOC(=O)C1=C(C)N=c2s/c(=C\c3c4ccccc4cc4ccccc34)c(=O)n2[C@H]1c1cc(OC)c(OC)cc1Br. The van der Waals surface area contributed by atoms with Crippen molar-refractivity contribution < 1.29 is 19.0 Å². The van der Waals surface area contributed by atoms with E-state index >= 15 is 0 Å². The standard InChI is InChI=1S/C33H27BrN2O5S/c1-5-41-32(38)29-18(2)35-33-36(30(29)24-15-26(39-3)27(40-4)17-25(24)34)31(37)28(42-33)16-23-21-12-8-6-10-19(21)14-20-11-7-9-13-22(20)23/h6-17,30H,5H2,1-4H3/b28-16-/t30-/m0/s1. The predicted molar refractivity (Wildman–Crippen MR) is 169 cm³/mol. The first kappa shape index (κ1) is 27.9. The summed E-state index contributed by atoms with van der Waals surface area (Å²) in [4.78, 5) is 32.9. The van der Waals surface area contributed by atoms with Crippen LogP contribution in [0.2, 0.25) is 0 Å². The van der Waals surface area contributed by atoms with Gasteiger partial charge in [0.15, 0.2) is 16.3 Å². The fraction of sp³-hybridized carbons (Fsp3) is 0.182. The maximum Gasteiger partial charge on any atom is 0.338 e. The third kappa shape index (κ3) is 4.62. The zero-order chi connectivity index (χ0) is 29.5. The molecular formula is C33H27BrN2O5S. The van der Waals surface area contributed by atoms with Crippen LogP contribution >= 0.6 is 27.3 Å². The zero-order valence-electron chi connectivity index (χ0n) is 23.4. The second-order valence-corrected chi connectivity index (χ2v) is 11.6. The third-order valence-electron chi connectivity index (χ3n) is 7.40. The molecule has 0 amide bonds. The van der Waals surface area contributed by atoms with Crippen LogP contribution in [0.5, 0.6) is 11.5 Å². The van der Waals surface area contributed by atoms with E-state index < -0.39 is 12.0 Å². The molecule has 1 aliphatic rings. The number of aromatic nitrogens is 1. The third-order valence-corrected chi connectivity index (χ3v) is 9.07. The van der Waals surface area contributed by atoms with Gasteiger partial charge in [-0.05, 0) is 70.8 Å². The minimum absolute atomic E-state index is 0.189. The van der Waals surface area contributed by atoms with Crippen LogP contribution in [0, 0.1) is 0 Å².